The Morgan fingerprint density at radius 2 is 1.86 bits per heavy atom. The molecule has 2 atom stereocenters. The second-order valence-corrected chi connectivity index (χ2v) is 7.48. The molecule has 1 aliphatic carbocycles. The summed E-state index contributed by atoms with van der Waals surface area (Å²) in [5, 5.41) is 0. The molecule has 2 N–H and O–H groups in total. The Morgan fingerprint density at radius 3 is 2.50 bits per heavy atom. The minimum Gasteiger partial charge on any atom is -0.341 e. The molecule has 0 aromatic heterocycles. The quantitative estimate of drug-likeness (QED) is 0.835. The number of nitrogens with two attached hydrogens (primary N) is 1. The summed E-state index contributed by atoms with van der Waals surface area (Å²) in [4.78, 5) is 29.1. The van der Waals surface area contributed by atoms with Crippen molar-refractivity contribution >= 4 is 36.0 Å². The third-order valence-electron chi connectivity index (χ3n) is 5.09. The number of amides is 2. The van der Waals surface area contributed by atoms with Crippen LogP contribution >= 0.6 is 24.2 Å². The summed E-state index contributed by atoms with van der Waals surface area (Å²) in [6, 6.07) is -0.236. The molecule has 5 nitrogen and oxygen atoms in total. The average Bonchev–Trinajstić information content (AvgIpc) is 3.26. The van der Waals surface area contributed by atoms with E-state index in [1.54, 1.807) is 11.8 Å². The number of hydrogen-bond donors (Lipinski definition) is 1. The van der Waals surface area contributed by atoms with Crippen LogP contribution in [0.5, 0.6) is 0 Å². The third-order valence-corrected chi connectivity index (χ3v) is 6.10. The smallest absolute Gasteiger partial charge is 0.246 e. The van der Waals surface area contributed by atoms with Crippen LogP contribution in [0, 0.1) is 11.8 Å². The van der Waals surface area contributed by atoms with E-state index in [2.05, 4.69) is 0 Å². The fraction of sp³-hybridized carbons (Fsp3) is 0.867. The SMILES string of the molecule is Cl.NCC1CCN(C(=O)C2CSCN2C(=O)C2CCCC2)C1. The highest BCUT2D eigenvalue weighted by Crippen LogP contribution is 2.31. The van der Waals surface area contributed by atoms with E-state index in [4.69, 9.17) is 5.73 Å². The molecule has 2 saturated heterocycles. The Balaban J connectivity index is 0.00000176. The molecule has 22 heavy (non-hydrogen) atoms. The Labute approximate surface area is 142 Å². The summed E-state index contributed by atoms with van der Waals surface area (Å²) in [5.41, 5.74) is 5.70. The van der Waals surface area contributed by atoms with Crippen LogP contribution in [-0.4, -0.2) is 58.9 Å². The molecule has 0 radical (unpaired) electrons. The summed E-state index contributed by atoms with van der Waals surface area (Å²) in [5.74, 6) is 2.38. The van der Waals surface area contributed by atoms with E-state index >= 15 is 0 Å². The van der Waals surface area contributed by atoms with Crippen molar-refractivity contribution in [2.24, 2.45) is 17.6 Å². The summed E-state index contributed by atoms with van der Waals surface area (Å²) in [7, 11) is 0. The Morgan fingerprint density at radius 1 is 1.14 bits per heavy atom. The van der Waals surface area contributed by atoms with Gasteiger partial charge in [-0.1, -0.05) is 12.8 Å². The highest BCUT2D eigenvalue weighted by molar-refractivity contribution is 7.99. The molecule has 3 fully saturated rings. The molecule has 1 saturated carbocycles. The lowest BCUT2D eigenvalue weighted by Crippen LogP contribution is -2.49. The van der Waals surface area contributed by atoms with Gasteiger partial charge in [0, 0.05) is 24.8 Å². The number of carbonyl (C=O) groups excluding carboxylic acids is 2. The van der Waals surface area contributed by atoms with Gasteiger partial charge in [-0.05, 0) is 31.7 Å². The first-order chi connectivity index (χ1) is 10.2. The minimum atomic E-state index is -0.236. The van der Waals surface area contributed by atoms with Gasteiger partial charge in [-0.3, -0.25) is 9.59 Å². The maximum Gasteiger partial charge on any atom is 0.246 e. The average molecular weight is 348 g/mol. The normalized spacial score (nSPS) is 29.0. The second kappa shape index (κ2) is 7.88. The molecule has 2 aliphatic heterocycles. The molecule has 3 rings (SSSR count). The summed E-state index contributed by atoms with van der Waals surface area (Å²) < 4.78 is 0. The number of rotatable bonds is 3. The molecule has 126 valence electrons. The number of halogens is 1. The third kappa shape index (κ3) is 3.54. The van der Waals surface area contributed by atoms with Crippen LogP contribution in [0.15, 0.2) is 0 Å². The summed E-state index contributed by atoms with van der Waals surface area (Å²) in [6.45, 7) is 2.21. The maximum atomic E-state index is 12.7. The fourth-order valence-corrected chi connectivity index (χ4v) is 4.86. The lowest BCUT2D eigenvalue weighted by Gasteiger charge is -2.29. The molecule has 0 bridgehead atoms. The number of thioether (sulfide) groups is 1. The monoisotopic (exact) mass is 347 g/mol. The van der Waals surface area contributed by atoms with Gasteiger partial charge in [0.15, 0.2) is 0 Å². The molecular weight excluding hydrogens is 322 g/mol. The van der Waals surface area contributed by atoms with Crippen LogP contribution in [0.1, 0.15) is 32.1 Å². The van der Waals surface area contributed by atoms with Crippen LogP contribution in [-0.2, 0) is 9.59 Å². The van der Waals surface area contributed by atoms with Crippen molar-refractivity contribution in [2.45, 2.75) is 38.1 Å². The van der Waals surface area contributed by atoms with Gasteiger partial charge in [-0.25, -0.2) is 0 Å². The van der Waals surface area contributed by atoms with Crippen molar-refractivity contribution in [3.63, 3.8) is 0 Å². The lowest BCUT2D eigenvalue weighted by atomic mass is 10.1. The van der Waals surface area contributed by atoms with Crippen molar-refractivity contribution < 1.29 is 9.59 Å². The Kier molecular flexibility index (Phi) is 6.41. The van der Waals surface area contributed by atoms with Crippen molar-refractivity contribution in [1.82, 2.24) is 9.80 Å². The largest absolute Gasteiger partial charge is 0.341 e. The molecule has 2 heterocycles. The highest BCUT2D eigenvalue weighted by atomic mass is 35.5. The zero-order valence-corrected chi connectivity index (χ0v) is 14.5. The van der Waals surface area contributed by atoms with Crippen LogP contribution in [0.4, 0.5) is 0 Å². The van der Waals surface area contributed by atoms with Crippen molar-refractivity contribution in [1.29, 1.82) is 0 Å². The molecule has 0 spiro atoms. The first kappa shape index (κ1) is 17.9. The maximum absolute atomic E-state index is 12.7. The van der Waals surface area contributed by atoms with Gasteiger partial charge < -0.3 is 15.5 Å². The summed E-state index contributed by atoms with van der Waals surface area (Å²) >= 11 is 1.70. The standard InChI is InChI=1S/C15H25N3O2S.ClH/c16-7-11-5-6-17(8-11)15(20)13-9-21-10-18(13)14(19)12-3-1-2-4-12;/h11-13H,1-10,16H2;1H. The second-order valence-electron chi connectivity index (χ2n) is 6.48. The molecule has 3 aliphatic rings. The van der Waals surface area contributed by atoms with Crippen LogP contribution in [0.2, 0.25) is 0 Å². The van der Waals surface area contributed by atoms with Gasteiger partial charge in [0.2, 0.25) is 11.8 Å². The number of carbonyl (C=O) groups is 2. The molecule has 0 aromatic carbocycles. The number of nitrogens with zero attached hydrogens (tertiary/aromatic N) is 2. The highest BCUT2D eigenvalue weighted by Gasteiger charge is 2.41. The molecule has 2 amide bonds. The van der Waals surface area contributed by atoms with E-state index in [-0.39, 0.29) is 36.2 Å². The zero-order chi connectivity index (χ0) is 14.8. The van der Waals surface area contributed by atoms with E-state index in [0.717, 1.165) is 50.9 Å². The Bertz CT molecular complexity index is 418. The van der Waals surface area contributed by atoms with Gasteiger partial charge in [-0.15, -0.1) is 24.2 Å². The van der Waals surface area contributed by atoms with Crippen LogP contribution in [0.25, 0.3) is 0 Å². The number of hydrogen-bond acceptors (Lipinski definition) is 4. The predicted molar refractivity (Wildman–Crippen MR) is 90.9 cm³/mol. The van der Waals surface area contributed by atoms with Crippen molar-refractivity contribution in [3.05, 3.63) is 0 Å². The first-order valence-electron chi connectivity index (χ1n) is 8.07. The van der Waals surface area contributed by atoms with Crippen LogP contribution < -0.4 is 5.73 Å². The fourth-order valence-electron chi connectivity index (χ4n) is 3.71. The van der Waals surface area contributed by atoms with Crippen molar-refractivity contribution in [2.75, 3.05) is 31.3 Å². The predicted octanol–water partition coefficient (Wildman–Crippen LogP) is 1.31. The summed E-state index contributed by atoms with van der Waals surface area (Å²) in [6.07, 6.45) is 5.30. The molecular formula is C15H26ClN3O2S. The van der Waals surface area contributed by atoms with Crippen LogP contribution in [0.3, 0.4) is 0 Å². The van der Waals surface area contributed by atoms with Gasteiger partial charge in [0.25, 0.3) is 0 Å². The van der Waals surface area contributed by atoms with E-state index < -0.39 is 0 Å². The van der Waals surface area contributed by atoms with Gasteiger partial charge in [0.05, 0.1) is 5.88 Å². The Hall–Kier alpha value is -0.460. The van der Waals surface area contributed by atoms with E-state index in [9.17, 15) is 9.59 Å². The van der Waals surface area contributed by atoms with E-state index in [0.29, 0.717) is 18.3 Å². The topological polar surface area (TPSA) is 66.6 Å². The van der Waals surface area contributed by atoms with E-state index in [1.807, 2.05) is 9.80 Å². The van der Waals surface area contributed by atoms with Gasteiger partial charge in [-0.2, -0.15) is 0 Å². The molecule has 7 heteroatoms. The first-order valence-corrected chi connectivity index (χ1v) is 9.23. The number of likely N-dealkylation sites (tertiary alicyclic amines) is 1. The van der Waals surface area contributed by atoms with Crippen molar-refractivity contribution in [3.8, 4) is 0 Å². The zero-order valence-electron chi connectivity index (χ0n) is 12.9. The minimum absolute atomic E-state index is 0. The van der Waals surface area contributed by atoms with Gasteiger partial charge in [0.1, 0.15) is 6.04 Å². The molecule has 0 aromatic rings. The van der Waals surface area contributed by atoms with Gasteiger partial charge >= 0.3 is 0 Å². The lowest BCUT2D eigenvalue weighted by molar-refractivity contribution is -0.145. The molecule has 2 unspecified atom stereocenters. The van der Waals surface area contributed by atoms with E-state index in [1.165, 1.54) is 0 Å².